The molecule has 2 rings (SSSR count). The number of benzene rings is 1. The number of ether oxygens (including phenoxy) is 1. The highest BCUT2D eigenvalue weighted by Gasteiger charge is 2.10. The van der Waals surface area contributed by atoms with E-state index >= 15 is 0 Å². The predicted molar refractivity (Wildman–Crippen MR) is 77.9 cm³/mol. The van der Waals surface area contributed by atoms with E-state index in [1.165, 1.54) is 0 Å². The number of nitrogens with zero attached hydrogens (tertiary/aromatic N) is 2. The molecule has 2 aromatic rings. The number of rotatable bonds is 5. The van der Waals surface area contributed by atoms with E-state index in [9.17, 15) is 0 Å². The number of alkyl halides is 1. The SMILES string of the molecule is CCc1cc(COc2c(Cl)cccc2CCl)n(C)n1. The van der Waals surface area contributed by atoms with Crippen LogP contribution in [0.15, 0.2) is 24.3 Å². The highest BCUT2D eigenvalue weighted by atomic mass is 35.5. The lowest BCUT2D eigenvalue weighted by Crippen LogP contribution is -2.04. The van der Waals surface area contributed by atoms with E-state index < -0.39 is 0 Å². The van der Waals surface area contributed by atoms with Crippen LogP contribution in [0.1, 0.15) is 23.9 Å². The summed E-state index contributed by atoms with van der Waals surface area (Å²) in [5, 5.41) is 4.96. The molecular weight excluding hydrogens is 283 g/mol. The molecule has 0 atom stereocenters. The summed E-state index contributed by atoms with van der Waals surface area (Å²) in [6.07, 6.45) is 0.910. The molecule has 1 aromatic carbocycles. The Labute approximate surface area is 123 Å². The maximum atomic E-state index is 6.14. The first kappa shape index (κ1) is 14.2. The van der Waals surface area contributed by atoms with Crippen LogP contribution in [-0.2, 0) is 26.0 Å². The number of hydrogen-bond donors (Lipinski definition) is 0. The second kappa shape index (κ2) is 6.31. The Morgan fingerprint density at radius 2 is 2.16 bits per heavy atom. The zero-order valence-electron chi connectivity index (χ0n) is 11.0. The van der Waals surface area contributed by atoms with Gasteiger partial charge in [-0.1, -0.05) is 30.7 Å². The minimum Gasteiger partial charge on any atom is -0.485 e. The molecule has 19 heavy (non-hydrogen) atoms. The van der Waals surface area contributed by atoms with Gasteiger partial charge < -0.3 is 4.74 Å². The highest BCUT2D eigenvalue weighted by Crippen LogP contribution is 2.30. The fourth-order valence-corrected chi connectivity index (χ4v) is 2.30. The van der Waals surface area contributed by atoms with Crippen molar-refractivity contribution in [3.8, 4) is 5.75 Å². The lowest BCUT2D eigenvalue weighted by molar-refractivity contribution is 0.293. The van der Waals surface area contributed by atoms with Gasteiger partial charge in [-0.25, -0.2) is 0 Å². The standard InChI is InChI=1S/C14H16Cl2N2O/c1-3-11-7-12(18(2)17-11)9-19-14-10(8-15)5-4-6-13(14)16/h4-7H,3,8-9H2,1-2H3. The van der Waals surface area contributed by atoms with E-state index in [1.807, 2.05) is 29.9 Å². The van der Waals surface area contributed by atoms with Crippen molar-refractivity contribution in [3.63, 3.8) is 0 Å². The maximum Gasteiger partial charge on any atom is 0.142 e. The van der Waals surface area contributed by atoms with Gasteiger partial charge in [0, 0.05) is 12.6 Å². The number of aryl methyl sites for hydroxylation is 2. The molecule has 102 valence electrons. The van der Waals surface area contributed by atoms with Gasteiger partial charge in [0.2, 0.25) is 0 Å². The number of halogens is 2. The largest absolute Gasteiger partial charge is 0.485 e. The van der Waals surface area contributed by atoms with Crippen LogP contribution in [-0.4, -0.2) is 9.78 Å². The molecular formula is C14H16Cl2N2O. The third-order valence-electron chi connectivity index (χ3n) is 2.95. The van der Waals surface area contributed by atoms with Gasteiger partial charge in [0.25, 0.3) is 0 Å². The average molecular weight is 299 g/mol. The number of para-hydroxylation sites is 1. The van der Waals surface area contributed by atoms with Crippen LogP contribution < -0.4 is 4.74 Å². The first-order valence-electron chi connectivity index (χ1n) is 6.13. The molecule has 0 saturated carbocycles. The first-order valence-corrected chi connectivity index (χ1v) is 7.05. The van der Waals surface area contributed by atoms with Gasteiger partial charge in [-0.15, -0.1) is 11.6 Å². The Morgan fingerprint density at radius 1 is 1.37 bits per heavy atom. The van der Waals surface area contributed by atoms with Gasteiger partial charge in [-0.05, 0) is 18.6 Å². The van der Waals surface area contributed by atoms with Crippen LogP contribution in [0.4, 0.5) is 0 Å². The van der Waals surface area contributed by atoms with Crippen molar-refractivity contribution in [1.82, 2.24) is 9.78 Å². The molecule has 0 bridgehead atoms. The number of aromatic nitrogens is 2. The molecule has 0 radical (unpaired) electrons. The predicted octanol–water partition coefficient (Wildman–Crippen LogP) is 3.95. The molecule has 0 saturated heterocycles. The minimum atomic E-state index is 0.376. The highest BCUT2D eigenvalue weighted by molar-refractivity contribution is 6.32. The first-order chi connectivity index (χ1) is 9.15. The van der Waals surface area contributed by atoms with Gasteiger partial charge in [-0.2, -0.15) is 5.10 Å². The molecule has 0 N–H and O–H groups in total. The molecule has 1 heterocycles. The Hall–Kier alpha value is -1.19. The van der Waals surface area contributed by atoms with Crippen LogP contribution in [0.2, 0.25) is 5.02 Å². The lowest BCUT2D eigenvalue weighted by Gasteiger charge is -2.11. The summed E-state index contributed by atoms with van der Waals surface area (Å²) in [5.41, 5.74) is 2.96. The van der Waals surface area contributed by atoms with Gasteiger partial charge in [0.15, 0.2) is 0 Å². The van der Waals surface area contributed by atoms with Gasteiger partial charge in [0.1, 0.15) is 12.4 Å². The molecule has 3 nitrogen and oxygen atoms in total. The molecule has 0 fully saturated rings. The van der Waals surface area contributed by atoms with Crippen molar-refractivity contribution in [2.75, 3.05) is 0 Å². The molecule has 0 spiro atoms. The van der Waals surface area contributed by atoms with Crippen LogP contribution in [0.3, 0.4) is 0 Å². The lowest BCUT2D eigenvalue weighted by atomic mass is 10.2. The minimum absolute atomic E-state index is 0.376. The molecule has 5 heteroatoms. The average Bonchev–Trinajstić information content (AvgIpc) is 2.77. The Balaban J connectivity index is 2.16. The van der Waals surface area contributed by atoms with Crippen molar-refractivity contribution in [2.24, 2.45) is 7.05 Å². The summed E-state index contributed by atoms with van der Waals surface area (Å²) >= 11 is 12.0. The van der Waals surface area contributed by atoms with E-state index in [2.05, 4.69) is 12.0 Å². The third kappa shape index (κ3) is 3.23. The van der Waals surface area contributed by atoms with Crippen molar-refractivity contribution < 1.29 is 4.74 Å². The Bertz CT molecular complexity index is 567. The zero-order chi connectivity index (χ0) is 13.8. The van der Waals surface area contributed by atoms with E-state index in [0.29, 0.717) is 23.3 Å². The summed E-state index contributed by atoms with van der Waals surface area (Å²) in [7, 11) is 1.91. The second-order valence-electron chi connectivity index (χ2n) is 4.25. The summed E-state index contributed by atoms with van der Waals surface area (Å²) < 4.78 is 7.64. The van der Waals surface area contributed by atoms with Crippen LogP contribution in [0.5, 0.6) is 5.75 Å². The fraction of sp³-hybridized carbons (Fsp3) is 0.357. The van der Waals surface area contributed by atoms with Crippen LogP contribution in [0.25, 0.3) is 0 Å². The summed E-state index contributed by atoms with van der Waals surface area (Å²) in [6, 6.07) is 7.62. The van der Waals surface area contributed by atoms with Crippen LogP contribution >= 0.6 is 23.2 Å². The topological polar surface area (TPSA) is 27.1 Å². The van der Waals surface area contributed by atoms with Gasteiger partial charge in [0.05, 0.1) is 22.3 Å². The van der Waals surface area contributed by atoms with Crippen molar-refractivity contribution in [1.29, 1.82) is 0 Å². The summed E-state index contributed by atoms with van der Waals surface area (Å²) in [5.74, 6) is 1.03. The van der Waals surface area contributed by atoms with E-state index in [-0.39, 0.29) is 0 Å². The van der Waals surface area contributed by atoms with Gasteiger partial charge in [-0.3, -0.25) is 4.68 Å². The quantitative estimate of drug-likeness (QED) is 0.782. The molecule has 0 unspecified atom stereocenters. The molecule has 0 amide bonds. The van der Waals surface area contributed by atoms with Gasteiger partial charge >= 0.3 is 0 Å². The Morgan fingerprint density at radius 3 is 2.79 bits per heavy atom. The monoisotopic (exact) mass is 298 g/mol. The van der Waals surface area contributed by atoms with Crippen molar-refractivity contribution >= 4 is 23.2 Å². The normalized spacial score (nSPS) is 10.7. The molecule has 1 aromatic heterocycles. The fourth-order valence-electron chi connectivity index (χ4n) is 1.85. The summed E-state index contributed by atoms with van der Waals surface area (Å²) in [6.45, 7) is 2.50. The zero-order valence-corrected chi connectivity index (χ0v) is 12.5. The van der Waals surface area contributed by atoms with E-state index in [0.717, 1.165) is 23.4 Å². The second-order valence-corrected chi connectivity index (χ2v) is 4.93. The molecule has 0 aliphatic heterocycles. The van der Waals surface area contributed by atoms with Crippen molar-refractivity contribution in [3.05, 3.63) is 46.2 Å². The number of hydrogen-bond acceptors (Lipinski definition) is 2. The smallest absolute Gasteiger partial charge is 0.142 e. The van der Waals surface area contributed by atoms with E-state index in [1.54, 1.807) is 6.07 Å². The molecule has 0 aliphatic rings. The summed E-state index contributed by atoms with van der Waals surface area (Å²) in [4.78, 5) is 0. The Kier molecular flexibility index (Phi) is 4.72. The van der Waals surface area contributed by atoms with Crippen molar-refractivity contribution in [2.45, 2.75) is 25.8 Å². The van der Waals surface area contributed by atoms with E-state index in [4.69, 9.17) is 27.9 Å². The maximum absolute atomic E-state index is 6.14. The third-order valence-corrected chi connectivity index (χ3v) is 3.53. The molecule has 0 aliphatic carbocycles. The van der Waals surface area contributed by atoms with Crippen LogP contribution in [0, 0.1) is 0 Å².